The van der Waals surface area contributed by atoms with Crippen LogP contribution >= 0.6 is 23.8 Å². The van der Waals surface area contributed by atoms with Crippen LogP contribution in [-0.2, 0) is 6.54 Å². The number of hydrogen-bond donors (Lipinski definition) is 2. The number of halogens is 2. The van der Waals surface area contributed by atoms with E-state index in [0.29, 0.717) is 22.4 Å². The van der Waals surface area contributed by atoms with E-state index in [-0.39, 0.29) is 5.82 Å². The molecular formula is C8H6ClFN2S. The predicted octanol–water partition coefficient (Wildman–Crippen LogP) is 2.28. The van der Waals surface area contributed by atoms with Crippen molar-refractivity contribution >= 4 is 34.6 Å². The normalized spacial score (nSPS) is 14.5. The van der Waals surface area contributed by atoms with E-state index >= 15 is 0 Å². The van der Waals surface area contributed by atoms with Crippen LogP contribution in [0.15, 0.2) is 12.1 Å². The molecule has 0 fully saturated rings. The van der Waals surface area contributed by atoms with E-state index in [1.165, 1.54) is 6.07 Å². The SMILES string of the molecule is Fc1cc(Cl)cc2c1NC(=S)NC2. The van der Waals surface area contributed by atoms with Gasteiger partial charge in [-0.25, -0.2) is 4.39 Å². The van der Waals surface area contributed by atoms with Crippen molar-refractivity contribution in [2.75, 3.05) is 5.32 Å². The molecule has 0 saturated carbocycles. The second-order valence-electron chi connectivity index (χ2n) is 2.73. The number of anilines is 1. The van der Waals surface area contributed by atoms with Crippen LogP contribution in [0.25, 0.3) is 0 Å². The van der Waals surface area contributed by atoms with E-state index in [1.54, 1.807) is 6.07 Å². The zero-order valence-corrected chi connectivity index (χ0v) is 8.10. The van der Waals surface area contributed by atoms with Gasteiger partial charge in [0.1, 0.15) is 5.82 Å². The molecule has 0 aliphatic carbocycles. The van der Waals surface area contributed by atoms with Gasteiger partial charge < -0.3 is 10.6 Å². The molecular weight excluding hydrogens is 211 g/mol. The van der Waals surface area contributed by atoms with Gasteiger partial charge in [-0.05, 0) is 29.9 Å². The minimum atomic E-state index is -0.369. The summed E-state index contributed by atoms with van der Waals surface area (Å²) < 4.78 is 13.3. The highest BCUT2D eigenvalue weighted by atomic mass is 35.5. The van der Waals surface area contributed by atoms with Gasteiger partial charge in [0.05, 0.1) is 5.69 Å². The van der Waals surface area contributed by atoms with Gasteiger partial charge in [0.15, 0.2) is 5.11 Å². The van der Waals surface area contributed by atoms with Crippen LogP contribution in [0.5, 0.6) is 0 Å². The van der Waals surface area contributed by atoms with E-state index in [0.717, 1.165) is 5.56 Å². The van der Waals surface area contributed by atoms with Gasteiger partial charge in [-0.2, -0.15) is 0 Å². The lowest BCUT2D eigenvalue weighted by atomic mass is 10.1. The second kappa shape index (κ2) is 3.12. The Morgan fingerprint density at radius 1 is 1.46 bits per heavy atom. The van der Waals surface area contributed by atoms with Crippen LogP contribution in [0.4, 0.5) is 10.1 Å². The molecule has 1 heterocycles. The van der Waals surface area contributed by atoms with Crippen LogP contribution in [-0.4, -0.2) is 5.11 Å². The smallest absolute Gasteiger partial charge is 0.171 e. The van der Waals surface area contributed by atoms with Gasteiger partial charge in [0.2, 0.25) is 0 Å². The molecule has 0 spiro atoms. The summed E-state index contributed by atoms with van der Waals surface area (Å²) in [6.07, 6.45) is 0. The maximum absolute atomic E-state index is 13.3. The Kier molecular flexibility index (Phi) is 2.09. The number of rotatable bonds is 0. The Labute approximate surface area is 85.1 Å². The Bertz CT molecular complexity index is 381. The fourth-order valence-electron chi connectivity index (χ4n) is 1.24. The number of thiocarbonyl (C=S) groups is 1. The summed E-state index contributed by atoms with van der Waals surface area (Å²) in [5.41, 5.74) is 1.21. The lowest BCUT2D eigenvalue weighted by molar-refractivity contribution is 0.628. The maximum atomic E-state index is 13.3. The molecule has 2 nitrogen and oxygen atoms in total. The average Bonchev–Trinajstić information content (AvgIpc) is 2.06. The zero-order chi connectivity index (χ0) is 9.42. The van der Waals surface area contributed by atoms with Crippen LogP contribution in [0.2, 0.25) is 5.02 Å². The molecule has 0 saturated heterocycles. The van der Waals surface area contributed by atoms with E-state index in [2.05, 4.69) is 10.6 Å². The van der Waals surface area contributed by atoms with Crippen molar-refractivity contribution in [3.8, 4) is 0 Å². The molecule has 0 aromatic heterocycles. The molecule has 2 rings (SSSR count). The maximum Gasteiger partial charge on any atom is 0.171 e. The number of benzene rings is 1. The molecule has 5 heteroatoms. The van der Waals surface area contributed by atoms with Gasteiger partial charge in [0.25, 0.3) is 0 Å². The van der Waals surface area contributed by atoms with Gasteiger partial charge in [-0.1, -0.05) is 11.6 Å². The van der Waals surface area contributed by atoms with Gasteiger partial charge in [0, 0.05) is 11.6 Å². The fraction of sp³-hybridized carbons (Fsp3) is 0.125. The first kappa shape index (κ1) is 8.72. The third kappa shape index (κ3) is 1.59. The lowest BCUT2D eigenvalue weighted by Gasteiger charge is -2.20. The summed E-state index contributed by atoms with van der Waals surface area (Å²) in [6, 6.07) is 2.98. The summed E-state index contributed by atoms with van der Waals surface area (Å²) in [5.74, 6) is -0.369. The van der Waals surface area contributed by atoms with E-state index < -0.39 is 0 Å². The molecule has 2 N–H and O–H groups in total. The van der Waals surface area contributed by atoms with Gasteiger partial charge >= 0.3 is 0 Å². The average molecular weight is 217 g/mol. The number of nitrogens with one attached hydrogen (secondary N) is 2. The van der Waals surface area contributed by atoms with Crippen molar-refractivity contribution < 1.29 is 4.39 Å². The Morgan fingerprint density at radius 3 is 3.00 bits per heavy atom. The van der Waals surface area contributed by atoms with Crippen molar-refractivity contribution in [3.05, 3.63) is 28.5 Å². The highest BCUT2D eigenvalue weighted by Crippen LogP contribution is 2.26. The Morgan fingerprint density at radius 2 is 2.23 bits per heavy atom. The molecule has 0 radical (unpaired) electrons. The van der Waals surface area contributed by atoms with Crippen LogP contribution in [0.1, 0.15) is 5.56 Å². The first-order chi connectivity index (χ1) is 6.16. The van der Waals surface area contributed by atoms with Crippen molar-refractivity contribution in [3.63, 3.8) is 0 Å². The fourth-order valence-corrected chi connectivity index (χ4v) is 1.64. The number of hydrogen-bond acceptors (Lipinski definition) is 1. The van der Waals surface area contributed by atoms with E-state index in [9.17, 15) is 4.39 Å². The molecule has 0 unspecified atom stereocenters. The summed E-state index contributed by atoms with van der Waals surface area (Å²) in [4.78, 5) is 0. The van der Waals surface area contributed by atoms with Gasteiger partial charge in [-0.3, -0.25) is 0 Å². The molecule has 68 valence electrons. The van der Waals surface area contributed by atoms with E-state index in [1.807, 2.05) is 0 Å². The minimum absolute atomic E-state index is 0.369. The summed E-state index contributed by atoms with van der Waals surface area (Å²) in [5, 5.41) is 6.46. The topological polar surface area (TPSA) is 24.1 Å². The molecule has 1 aliphatic heterocycles. The standard InChI is InChI=1S/C8H6ClFN2S/c9-5-1-4-3-11-8(13)12-7(4)6(10)2-5/h1-2H,3H2,(H2,11,12,13). The zero-order valence-electron chi connectivity index (χ0n) is 6.53. The lowest BCUT2D eigenvalue weighted by Crippen LogP contribution is -2.33. The minimum Gasteiger partial charge on any atom is -0.358 e. The molecule has 0 bridgehead atoms. The van der Waals surface area contributed by atoms with Crippen LogP contribution < -0.4 is 10.6 Å². The molecule has 1 aromatic rings. The first-order valence-electron chi connectivity index (χ1n) is 3.69. The van der Waals surface area contributed by atoms with Crippen LogP contribution in [0.3, 0.4) is 0 Å². The highest BCUT2D eigenvalue weighted by molar-refractivity contribution is 7.80. The summed E-state index contributed by atoms with van der Waals surface area (Å²) >= 11 is 10.5. The Balaban J connectivity index is 2.53. The largest absolute Gasteiger partial charge is 0.358 e. The summed E-state index contributed by atoms with van der Waals surface area (Å²) in [6.45, 7) is 0.513. The van der Waals surface area contributed by atoms with Crippen molar-refractivity contribution in [1.29, 1.82) is 0 Å². The van der Waals surface area contributed by atoms with Gasteiger partial charge in [-0.15, -0.1) is 0 Å². The van der Waals surface area contributed by atoms with Crippen molar-refractivity contribution in [2.24, 2.45) is 0 Å². The third-order valence-corrected chi connectivity index (χ3v) is 2.28. The molecule has 0 atom stereocenters. The van der Waals surface area contributed by atoms with Crippen molar-refractivity contribution in [2.45, 2.75) is 6.54 Å². The molecule has 1 aromatic carbocycles. The molecule has 13 heavy (non-hydrogen) atoms. The molecule has 0 amide bonds. The second-order valence-corrected chi connectivity index (χ2v) is 3.57. The Hall–Kier alpha value is -0.870. The monoisotopic (exact) mass is 216 g/mol. The first-order valence-corrected chi connectivity index (χ1v) is 4.48. The number of fused-ring (bicyclic) bond motifs is 1. The highest BCUT2D eigenvalue weighted by Gasteiger charge is 2.15. The van der Waals surface area contributed by atoms with E-state index in [4.69, 9.17) is 23.8 Å². The third-order valence-electron chi connectivity index (χ3n) is 1.81. The predicted molar refractivity (Wildman–Crippen MR) is 54.5 cm³/mol. The van der Waals surface area contributed by atoms with Crippen molar-refractivity contribution in [1.82, 2.24) is 5.32 Å². The molecule has 1 aliphatic rings. The van der Waals surface area contributed by atoms with Crippen LogP contribution in [0, 0.1) is 5.82 Å². The summed E-state index contributed by atoms with van der Waals surface area (Å²) in [7, 11) is 0. The quantitative estimate of drug-likeness (QED) is 0.651.